The smallest absolute Gasteiger partial charge is 0.134 e. The van der Waals surface area contributed by atoms with Gasteiger partial charge in [-0.25, -0.2) is 0 Å². The monoisotopic (exact) mass is 166 g/mol. The van der Waals surface area contributed by atoms with E-state index in [4.69, 9.17) is 16.7 Å². The van der Waals surface area contributed by atoms with E-state index in [9.17, 15) is 0 Å². The summed E-state index contributed by atoms with van der Waals surface area (Å²) >= 11 is 5.63. The number of phenolic OH excluding ortho intramolecular Hbond substituents is 1. The lowest BCUT2D eigenvalue weighted by Crippen LogP contribution is -1.73. The van der Waals surface area contributed by atoms with Gasteiger partial charge in [0.05, 0.1) is 5.02 Å². The molecule has 0 heterocycles. The van der Waals surface area contributed by atoms with Crippen LogP contribution >= 0.6 is 11.6 Å². The van der Waals surface area contributed by atoms with E-state index in [1.54, 1.807) is 19.1 Å². The lowest BCUT2D eigenvalue weighted by molar-refractivity contribution is 0.475. The molecule has 0 fully saturated rings. The SMILES string of the molecule is CC#Cc1ccc(O)c(Cl)c1. The summed E-state index contributed by atoms with van der Waals surface area (Å²) in [5.41, 5.74) is 0.815. The molecule has 0 aromatic heterocycles. The minimum Gasteiger partial charge on any atom is -0.506 e. The minimum atomic E-state index is 0.0910. The summed E-state index contributed by atoms with van der Waals surface area (Å²) in [7, 11) is 0. The van der Waals surface area contributed by atoms with Crippen molar-refractivity contribution in [1.82, 2.24) is 0 Å². The number of halogens is 1. The van der Waals surface area contributed by atoms with Gasteiger partial charge in [-0.05, 0) is 25.1 Å². The van der Waals surface area contributed by atoms with E-state index in [-0.39, 0.29) is 5.75 Å². The lowest BCUT2D eigenvalue weighted by atomic mass is 10.2. The second kappa shape index (κ2) is 3.32. The van der Waals surface area contributed by atoms with Crippen molar-refractivity contribution in [1.29, 1.82) is 0 Å². The fraction of sp³-hybridized carbons (Fsp3) is 0.111. The summed E-state index contributed by atoms with van der Waals surface area (Å²) in [6.45, 7) is 1.75. The largest absolute Gasteiger partial charge is 0.506 e. The van der Waals surface area contributed by atoms with Gasteiger partial charge in [-0.15, -0.1) is 5.92 Å². The Kier molecular flexibility index (Phi) is 2.40. The van der Waals surface area contributed by atoms with Gasteiger partial charge in [0.15, 0.2) is 0 Å². The highest BCUT2D eigenvalue weighted by Gasteiger charge is 1.96. The number of aromatic hydroxyl groups is 1. The molecule has 0 amide bonds. The lowest BCUT2D eigenvalue weighted by Gasteiger charge is -1.95. The molecular formula is C9H7ClO. The zero-order valence-corrected chi connectivity index (χ0v) is 6.81. The highest BCUT2D eigenvalue weighted by Crippen LogP contribution is 2.22. The standard InChI is InChI=1S/C9H7ClO/c1-2-3-7-4-5-9(11)8(10)6-7/h4-6,11H,1H3. The number of rotatable bonds is 0. The summed E-state index contributed by atoms with van der Waals surface area (Å²) in [6, 6.07) is 4.88. The molecule has 1 aromatic carbocycles. The summed E-state index contributed by atoms with van der Waals surface area (Å²) < 4.78 is 0. The molecule has 0 aliphatic carbocycles. The maximum atomic E-state index is 9.03. The van der Waals surface area contributed by atoms with Crippen LogP contribution in [0, 0.1) is 11.8 Å². The van der Waals surface area contributed by atoms with Crippen molar-refractivity contribution in [2.45, 2.75) is 6.92 Å². The molecule has 2 heteroatoms. The molecule has 0 unspecified atom stereocenters. The first-order valence-corrected chi connectivity index (χ1v) is 3.53. The first kappa shape index (κ1) is 7.97. The van der Waals surface area contributed by atoms with Crippen LogP contribution in [0.15, 0.2) is 18.2 Å². The number of hydrogen-bond acceptors (Lipinski definition) is 1. The van der Waals surface area contributed by atoms with Crippen LogP contribution in [0.5, 0.6) is 5.75 Å². The molecule has 0 spiro atoms. The second-order valence-electron chi connectivity index (χ2n) is 2.04. The maximum Gasteiger partial charge on any atom is 0.134 e. The van der Waals surface area contributed by atoms with Crippen LogP contribution in [0.1, 0.15) is 12.5 Å². The molecule has 0 aliphatic rings. The third-order valence-electron chi connectivity index (χ3n) is 1.22. The van der Waals surface area contributed by atoms with Gasteiger partial charge in [-0.1, -0.05) is 17.5 Å². The van der Waals surface area contributed by atoms with E-state index in [0.717, 1.165) is 5.56 Å². The molecule has 1 N–H and O–H groups in total. The predicted molar refractivity (Wildman–Crippen MR) is 45.7 cm³/mol. The van der Waals surface area contributed by atoms with Gasteiger partial charge in [0, 0.05) is 5.56 Å². The fourth-order valence-electron chi connectivity index (χ4n) is 0.729. The van der Waals surface area contributed by atoms with Gasteiger partial charge in [0.25, 0.3) is 0 Å². The van der Waals surface area contributed by atoms with Crippen LogP contribution in [0.25, 0.3) is 0 Å². The average Bonchev–Trinajstić information content (AvgIpc) is 1.98. The number of hydrogen-bond donors (Lipinski definition) is 1. The summed E-state index contributed by atoms with van der Waals surface area (Å²) in [6.07, 6.45) is 0. The molecule has 56 valence electrons. The molecule has 11 heavy (non-hydrogen) atoms. The van der Waals surface area contributed by atoms with Gasteiger partial charge in [0.1, 0.15) is 5.75 Å². The zero-order valence-electron chi connectivity index (χ0n) is 6.06. The highest BCUT2D eigenvalue weighted by molar-refractivity contribution is 6.32. The van der Waals surface area contributed by atoms with Crippen LogP contribution in [-0.2, 0) is 0 Å². The van der Waals surface area contributed by atoms with Gasteiger partial charge in [0.2, 0.25) is 0 Å². The summed E-state index contributed by atoms with van der Waals surface area (Å²) in [5.74, 6) is 5.66. The normalized spacial score (nSPS) is 8.55. The fourth-order valence-corrected chi connectivity index (χ4v) is 0.910. The van der Waals surface area contributed by atoms with E-state index in [1.807, 2.05) is 0 Å². The Hall–Kier alpha value is -1.13. The van der Waals surface area contributed by atoms with Crippen LogP contribution < -0.4 is 0 Å². The van der Waals surface area contributed by atoms with Crippen molar-refractivity contribution in [2.24, 2.45) is 0 Å². The molecule has 0 bridgehead atoms. The summed E-state index contributed by atoms with van der Waals surface area (Å²) in [5, 5.41) is 9.37. The molecule has 1 aromatic rings. The molecule has 0 saturated carbocycles. The average molecular weight is 167 g/mol. The summed E-state index contributed by atoms with van der Waals surface area (Å²) in [4.78, 5) is 0. The Bertz CT molecular complexity index is 320. The van der Waals surface area contributed by atoms with Crippen molar-refractivity contribution >= 4 is 11.6 Å². The van der Waals surface area contributed by atoms with Crippen LogP contribution in [0.2, 0.25) is 5.02 Å². The van der Waals surface area contributed by atoms with E-state index in [2.05, 4.69) is 11.8 Å². The minimum absolute atomic E-state index is 0.0910. The van der Waals surface area contributed by atoms with Crippen molar-refractivity contribution in [2.75, 3.05) is 0 Å². The number of benzene rings is 1. The van der Waals surface area contributed by atoms with Gasteiger partial charge < -0.3 is 5.11 Å². The molecule has 1 nitrogen and oxygen atoms in total. The third-order valence-corrected chi connectivity index (χ3v) is 1.52. The van der Waals surface area contributed by atoms with Gasteiger partial charge >= 0.3 is 0 Å². The van der Waals surface area contributed by atoms with Crippen molar-refractivity contribution in [3.8, 4) is 17.6 Å². The third kappa shape index (κ3) is 1.89. The van der Waals surface area contributed by atoms with Crippen LogP contribution in [-0.4, -0.2) is 5.11 Å². The zero-order chi connectivity index (χ0) is 8.27. The van der Waals surface area contributed by atoms with Crippen molar-refractivity contribution < 1.29 is 5.11 Å². The molecule has 1 rings (SSSR count). The second-order valence-corrected chi connectivity index (χ2v) is 2.45. The van der Waals surface area contributed by atoms with Gasteiger partial charge in [-0.3, -0.25) is 0 Å². The van der Waals surface area contributed by atoms with E-state index in [1.165, 1.54) is 6.07 Å². The molecular weight excluding hydrogens is 160 g/mol. The predicted octanol–water partition coefficient (Wildman–Crippen LogP) is 2.42. The Balaban J connectivity index is 3.12. The molecule has 0 atom stereocenters. The van der Waals surface area contributed by atoms with E-state index < -0.39 is 0 Å². The quantitative estimate of drug-likeness (QED) is 0.587. The first-order valence-electron chi connectivity index (χ1n) is 3.15. The van der Waals surface area contributed by atoms with Crippen LogP contribution in [0.3, 0.4) is 0 Å². The van der Waals surface area contributed by atoms with Gasteiger partial charge in [-0.2, -0.15) is 0 Å². The Morgan fingerprint density at radius 1 is 1.45 bits per heavy atom. The Morgan fingerprint density at radius 3 is 2.73 bits per heavy atom. The van der Waals surface area contributed by atoms with Crippen molar-refractivity contribution in [3.63, 3.8) is 0 Å². The molecule has 0 saturated heterocycles. The van der Waals surface area contributed by atoms with E-state index >= 15 is 0 Å². The highest BCUT2D eigenvalue weighted by atomic mass is 35.5. The molecule has 0 aliphatic heterocycles. The number of phenols is 1. The Labute approximate surface area is 70.6 Å². The Morgan fingerprint density at radius 2 is 2.18 bits per heavy atom. The first-order chi connectivity index (χ1) is 5.24. The maximum absolute atomic E-state index is 9.03. The van der Waals surface area contributed by atoms with Crippen molar-refractivity contribution in [3.05, 3.63) is 28.8 Å². The van der Waals surface area contributed by atoms with E-state index in [0.29, 0.717) is 5.02 Å². The molecule has 0 radical (unpaired) electrons. The van der Waals surface area contributed by atoms with Crippen LogP contribution in [0.4, 0.5) is 0 Å². The topological polar surface area (TPSA) is 20.2 Å².